The predicted octanol–water partition coefficient (Wildman–Crippen LogP) is 7.28. The van der Waals surface area contributed by atoms with Crippen molar-refractivity contribution in [3.63, 3.8) is 0 Å². The second-order valence-corrected chi connectivity index (χ2v) is 11.5. The summed E-state index contributed by atoms with van der Waals surface area (Å²) in [5.74, 6) is -0.614. The Kier molecular flexibility index (Phi) is 28.4. The third kappa shape index (κ3) is 23.5. The van der Waals surface area contributed by atoms with E-state index >= 15 is 0 Å². The molecule has 0 heterocycles. The Morgan fingerprint density at radius 1 is 0.600 bits per heavy atom. The first-order chi connectivity index (χ1) is 19.5. The Morgan fingerprint density at radius 2 is 1.02 bits per heavy atom. The van der Waals surface area contributed by atoms with Gasteiger partial charge in [-0.05, 0) is 64.2 Å². The molecular formula is C34H65NO5. The van der Waals surface area contributed by atoms with Crippen LogP contribution in [0.1, 0.15) is 155 Å². The topological polar surface area (TPSA) is 110 Å². The lowest BCUT2D eigenvalue weighted by Crippen LogP contribution is -2.53. The maximum absolute atomic E-state index is 12.4. The van der Waals surface area contributed by atoms with Gasteiger partial charge < -0.3 is 25.7 Å². The van der Waals surface area contributed by atoms with Crippen LogP contribution < -0.4 is 5.32 Å². The highest BCUT2D eigenvalue weighted by Crippen LogP contribution is 2.13. The molecule has 4 unspecified atom stereocenters. The summed E-state index contributed by atoms with van der Waals surface area (Å²) < 4.78 is 0. The first-order valence-corrected chi connectivity index (χ1v) is 16.7. The average molecular weight is 568 g/mol. The first kappa shape index (κ1) is 38.8. The Morgan fingerprint density at radius 3 is 1.50 bits per heavy atom. The number of hydrogen-bond donors (Lipinski definition) is 5. The highest BCUT2D eigenvalue weighted by atomic mass is 16.3. The van der Waals surface area contributed by atoms with E-state index in [1.807, 2.05) is 0 Å². The van der Waals surface area contributed by atoms with Crippen molar-refractivity contribution < 1.29 is 25.2 Å². The highest BCUT2D eigenvalue weighted by Gasteiger charge is 2.28. The lowest BCUT2D eigenvalue weighted by molar-refractivity contribution is -0.132. The number of carbonyl (C=O) groups excluding carboxylic acids is 1. The van der Waals surface area contributed by atoms with Crippen molar-refractivity contribution in [1.29, 1.82) is 0 Å². The summed E-state index contributed by atoms with van der Waals surface area (Å²) in [6.45, 7) is 3.97. The SMILES string of the molecule is CCCCCCCC/C=C\CCCCC(O)C(=O)NC(CO)C(O)C(O)CCC/C=C/CCCCCCCCC. The minimum absolute atomic E-state index is 0.332. The second-order valence-electron chi connectivity index (χ2n) is 11.5. The molecule has 6 heteroatoms. The minimum Gasteiger partial charge on any atom is -0.394 e. The van der Waals surface area contributed by atoms with Crippen LogP contribution in [0, 0.1) is 0 Å². The number of rotatable bonds is 29. The molecule has 0 rings (SSSR count). The molecule has 0 aromatic carbocycles. The number of allylic oxidation sites excluding steroid dienone is 4. The van der Waals surface area contributed by atoms with Crippen molar-refractivity contribution in [2.45, 2.75) is 179 Å². The van der Waals surface area contributed by atoms with Gasteiger partial charge >= 0.3 is 0 Å². The van der Waals surface area contributed by atoms with Crippen LogP contribution in [0.3, 0.4) is 0 Å². The van der Waals surface area contributed by atoms with E-state index in [4.69, 9.17) is 0 Å². The van der Waals surface area contributed by atoms with Crippen molar-refractivity contribution in [2.75, 3.05) is 6.61 Å². The van der Waals surface area contributed by atoms with E-state index in [9.17, 15) is 25.2 Å². The maximum Gasteiger partial charge on any atom is 0.249 e. The summed E-state index contributed by atoms with van der Waals surface area (Å²) in [5, 5.41) is 43.2. The molecule has 0 radical (unpaired) electrons. The van der Waals surface area contributed by atoms with Crippen LogP contribution in [0.15, 0.2) is 24.3 Å². The molecule has 0 fully saturated rings. The van der Waals surface area contributed by atoms with E-state index in [0.29, 0.717) is 19.3 Å². The molecular weight excluding hydrogens is 502 g/mol. The standard InChI is InChI=1S/C34H65NO5/c1-3-5-7-9-11-13-15-17-19-21-23-25-27-31(37)33(39)30(29-36)35-34(40)32(38)28-26-24-22-20-18-16-14-12-10-8-6-4-2/h18-21,30-33,36-39H,3-17,22-29H2,1-2H3,(H,35,40)/b20-18-,21-19+. The smallest absolute Gasteiger partial charge is 0.249 e. The van der Waals surface area contributed by atoms with Crippen LogP contribution in [-0.4, -0.2) is 57.3 Å². The van der Waals surface area contributed by atoms with E-state index < -0.39 is 36.9 Å². The van der Waals surface area contributed by atoms with Crippen LogP contribution in [0.25, 0.3) is 0 Å². The molecule has 236 valence electrons. The lowest BCUT2D eigenvalue weighted by atomic mass is 10.00. The van der Waals surface area contributed by atoms with Gasteiger partial charge in [-0.25, -0.2) is 0 Å². The number of unbranched alkanes of at least 4 members (excludes halogenated alkanes) is 16. The van der Waals surface area contributed by atoms with Gasteiger partial charge in [0.25, 0.3) is 0 Å². The summed E-state index contributed by atoms with van der Waals surface area (Å²) in [5.41, 5.74) is 0. The molecule has 0 aliphatic rings. The molecule has 0 aromatic rings. The summed E-state index contributed by atoms with van der Waals surface area (Å²) in [7, 11) is 0. The largest absolute Gasteiger partial charge is 0.394 e. The summed E-state index contributed by atoms with van der Waals surface area (Å²) in [6, 6.07) is -1.00. The number of aliphatic hydroxyl groups excluding tert-OH is 4. The van der Waals surface area contributed by atoms with Crippen molar-refractivity contribution in [2.24, 2.45) is 0 Å². The number of nitrogens with one attached hydrogen (secondary N) is 1. The monoisotopic (exact) mass is 567 g/mol. The molecule has 0 aliphatic carbocycles. The minimum atomic E-state index is -1.28. The van der Waals surface area contributed by atoms with Gasteiger partial charge in [-0.15, -0.1) is 0 Å². The molecule has 6 nitrogen and oxygen atoms in total. The molecule has 0 saturated carbocycles. The van der Waals surface area contributed by atoms with E-state index in [2.05, 4.69) is 43.5 Å². The third-order valence-electron chi connectivity index (χ3n) is 7.63. The van der Waals surface area contributed by atoms with E-state index in [1.54, 1.807) is 0 Å². The molecule has 40 heavy (non-hydrogen) atoms. The molecule has 0 saturated heterocycles. The van der Waals surface area contributed by atoms with E-state index in [0.717, 1.165) is 38.5 Å². The van der Waals surface area contributed by atoms with Crippen molar-refractivity contribution in [1.82, 2.24) is 5.32 Å². The number of carbonyl (C=O) groups is 1. The zero-order chi connectivity index (χ0) is 29.7. The third-order valence-corrected chi connectivity index (χ3v) is 7.63. The van der Waals surface area contributed by atoms with Gasteiger partial charge in [-0.1, -0.05) is 115 Å². The van der Waals surface area contributed by atoms with Gasteiger partial charge in [0.1, 0.15) is 12.2 Å². The number of amides is 1. The van der Waals surface area contributed by atoms with Gasteiger partial charge in [0, 0.05) is 0 Å². The zero-order valence-electron chi connectivity index (χ0n) is 26.1. The Labute approximate surface area is 246 Å². The van der Waals surface area contributed by atoms with Crippen LogP contribution in [0.4, 0.5) is 0 Å². The fourth-order valence-corrected chi connectivity index (χ4v) is 4.87. The number of hydrogen-bond acceptors (Lipinski definition) is 5. The Hall–Kier alpha value is -1.21. The summed E-state index contributed by atoms with van der Waals surface area (Å²) >= 11 is 0. The van der Waals surface area contributed by atoms with Gasteiger partial charge in [0.15, 0.2) is 0 Å². The summed E-state index contributed by atoms with van der Waals surface area (Å²) in [4.78, 5) is 12.4. The van der Waals surface area contributed by atoms with Crippen LogP contribution in [0.5, 0.6) is 0 Å². The van der Waals surface area contributed by atoms with E-state index in [1.165, 1.54) is 83.5 Å². The van der Waals surface area contributed by atoms with Crippen molar-refractivity contribution in [3.8, 4) is 0 Å². The summed E-state index contributed by atoms with van der Waals surface area (Å²) in [6.07, 6.45) is 29.1. The quantitative estimate of drug-likeness (QED) is 0.0482. The Bertz CT molecular complexity index is 609. The van der Waals surface area contributed by atoms with Crippen LogP contribution in [-0.2, 0) is 4.79 Å². The maximum atomic E-state index is 12.4. The highest BCUT2D eigenvalue weighted by molar-refractivity contribution is 5.80. The van der Waals surface area contributed by atoms with Gasteiger partial charge in [-0.3, -0.25) is 4.79 Å². The van der Waals surface area contributed by atoms with Gasteiger partial charge in [0.05, 0.1) is 18.8 Å². The van der Waals surface area contributed by atoms with Crippen LogP contribution >= 0.6 is 0 Å². The van der Waals surface area contributed by atoms with E-state index in [-0.39, 0.29) is 0 Å². The fraction of sp³-hybridized carbons (Fsp3) is 0.853. The lowest BCUT2D eigenvalue weighted by Gasteiger charge is -2.27. The normalized spacial score (nSPS) is 15.1. The zero-order valence-corrected chi connectivity index (χ0v) is 26.1. The molecule has 0 spiro atoms. The first-order valence-electron chi connectivity index (χ1n) is 16.7. The van der Waals surface area contributed by atoms with Crippen molar-refractivity contribution >= 4 is 5.91 Å². The van der Waals surface area contributed by atoms with Crippen LogP contribution in [0.2, 0.25) is 0 Å². The molecule has 0 bridgehead atoms. The van der Waals surface area contributed by atoms with Gasteiger partial charge in [-0.2, -0.15) is 0 Å². The fourth-order valence-electron chi connectivity index (χ4n) is 4.87. The van der Waals surface area contributed by atoms with Gasteiger partial charge in [0.2, 0.25) is 5.91 Å². The second kappa shape index (κ2) is 29.3. The molecule has 0 aromatic heterocycles. The average Bonchev–Trinajstić information content (AvgIpc) is 2.96. The van der Waals surface area contributed by atoms with Crippen molar-refractivity contribution in [3.05, 3.63) is 24.3 Å². The Balaban J connectivity index is 3.97. The number of aliphatic hydroxyl groups is 4. The molecule has 0 aliphatic heterocycles. The molecule has 5 N–H and O–H groups in total. The molecule has 1 amide bonds. The molecule has 4 atom stereocenters. The predicted molar refractivity (Wildman–Crippen MR) is 168 cm³/mol.